The van der Waals surface area contributed by atoms with Gasteiger partial charge in [-0.2, -0.15) is 0 Å². The predicted octanol–water partition coefficient (Wildman–Crippen LogP) is 3.80. The van der Waals surface area contributed by atoms with Crippen molar-refractivity contribution in [2.45, 2.75) is 13.0 Å². The fraction of sp³-hybridized carbons (Fsp3) is 0.263. The lowest BCUT2D eigenvalue weighted by atomic mass is 10.1. The number of ether oxygens (including phenoxy) is 3. The number of carbonyl (C=O) groups excluding carboxylic acids is 2. The molecule has 0 spiro atoms. The molecule has 6 nitrogen and oxygen atoms in total. The summed E-state index contributed by atoms with van der Waals surface area (Å²) in [5.41, 5.74) is 0.994. The van der Waals surface area contributed by atoms with Crippen LogP contribution in [0, 0.1) is 0 Å². The molecule has 2 aromatic carbocycles. The van der Waals surface area contributed by atoms with E-state index in [0.29, 0.717) is 40.3 Å². The van der Waals surface area contributed by atoms with Crippen molar-refractivity contribution in [1.82, 2.24) is 5.32 Å². The summed E-state index contributed by atoms with van der Waals surface area (Å²) in [7, 11) is 0. The summed E-state index contributed by atoms with van der Waals surface area (Å²) in [4.78, 5) is 24.2. The minimum absolute atomic E-state index is 0.279. The first-order valence-corrected chi connectivity index (χ1v) is 9.00. The molecule has 3 rings (SSSR count). The second kappa shape index (κ2) is 8.50. The van der Waals surface area contributed by atoms with Gasteiger partial charge in [0.25, 0.3) is 5.91 Å². The average molecular weight is 410 g/mol. The van der Waals surface area contributed by atoms with Gasteiger partial charge in [-0.3, -0.25) is 4.79 Å². The molecule has 1 aliphatic heterocycles. The monoisotopic (exact) mass is 409 g/mol. The lowest BCUT2D eigenvalue weighted by molar-refractivity contribution is -0.124. The second-order valence-electron chi connectivity index (χ2n) is 5.89. The quantitative estimate of drug-likeness (QED) is 0.760. The Bertz CT molecular complexity index is 871. The van der Waals surface area contributed by atoms with Gasteiger partial charge in [0.05, 0.1) is 11.6 Å². The van der Waals surface area contributed by atoms with Crippen LogP contribution in [0.5, 0.6) is 11.5 Å². The molecule has 1 N–H and O–H groups in total. The van der Waals surface area contributed by atoms with Crippen LogP contribution in [-0.4, -0.2) is 31.7 Å². The summed E-state index contributed by atoms with van der Waals surface area (Å²) in [6.07, 6.45) is 0. The van der Waals surface area contributed by atoms with Gasteiger partial charge in [-0.1, -0.05) is 29.3 Å². The Morgan fingerprint density at radius 2 is 1.85 bits per heavy atom. The van der Waals surface area contributed by atoms with Gasteiger partial charge in [0, 0.05) is 10.0 Å². The zero-order chi connectivity index (χ0) is 19.4. The van der Waals surface area contributed by atoms with Crippen molar-refractivity contribution < 1.29 is 23.8 Å². The van der Waals surface area contributed by atoms with E-state index in [4.69, 9.17) is 37.4 Å². The zero-order valence-electron chi connectivity index (χ0n) is 14.5. The molecule has 2 aromatic rings. The van der Waals surface area contributed by atoms with Crippen LogP contribution in [-0.2, 0) is 9.53 Å². The van der Waals surface area contributed by atoms with Crippen LogP contribution in [0.1, 0.15) is 28.9 Å². The second-order valence-corrected chi connectivity index (χ2v) is 6.73. The molecule has 0 radical (unpaired) electrons. The van der Waals surface area contributed by atoms with E-state index in [2.05, 4.69) is 5.32 Å². The van der Waals surface area contributed by atoms with Crippen molar-refractivity contribution in [3.05, 3.63) is 57.6 Å². The Morgan fingerprint density at radius 1 is 1.11 bits per heavy atom. The first-order valence-electron chi connectivity index (χ1n) is 8.25. The molecule has 0 saturated carbocycles. The van der Waals surface area contributed by atoms with E-state index in [1.165, 1.54) is 6.07 Å². The number of halogens is 2. The van der Waals surface area contributed by atoms with E-state index in [0.717, 1.165) is 0 Å². The van der Waals surface area contributed by atoms with Crippen molar-refractivity contribution >= 4 is 35.1 Å². The predicted molar refractivity (Wildman–Crippen MR) is 101 cm³/mol. The Morgan fingerprint density at radius 3 is 2.59 bits per heavy atom. The first kappa shape index (κ1) is 19.3. The third-order valence-electron chi connectivity index (χ3n) is 3.92. The fourth-order valence-electron chi connectivity index (χ4n) is 2.60. The largest absolute Gasteiger partial charge is 0.486 e. The van der Waals surface area contributed by atoms with Gasteiger partial charge < -0.3 is 19.5 Å². The molecule has 0 aromatic heterocycles. The molecule has 0 bridgehead atoms. The number of hydrogen-bond acceptors (Lipinski definition) is 5. The van der Waals surface area contributed by atoms with Crippen molar-refractivity contribution in [3.63, 3.8) is 0 Å². The molecular weight excluding hydrogens is 393 g/mol. The highest BCUT2D eigenvalue weighted by Gasteiger charge is 2.18. The topological polar surface area (TPSA) is 73.9 Å². The summed E-state index contributed by atoms with van der Waals surface area (Å²) in [5.74, 6) is -0.0194. The van der Waals surface area contributed by atoms with E-state index in [1.807, 2.05) is 0 Å². The van der Waals surface area contributed by atoms with E-state index in [9.17, 15) is 9.59 Å². The summed E-state index contributed by atoms with van der Waals surface area (Å²) in [6, 6.07) is 9.38. The number of esters is 1. The van der Waals surface area contributed by atoms with Gasteiger partial charge in [-0.05, 0) is 42.8 Å². The number of carbonyl (C=O) groups is 2. The summed E-state index contributed by atoms with van der Waals surface area (Å²) in [5, 5.41) is 3.68. The third kappa shape index (κ3) is 4.84. The van der Waals surface area contributed by atoms with Gasteiger partial charge >= 0.3 is 5.97 Å². The lowest BCUT2D eigenvalue weighted by Gasteiger charge is -2.18. The summed E-state index contributed by atoms with van der Waals surface area (Å²) >= 11 is 12.0. The first-order chi connectivity index (χ1) is 12.9. The van der Waals surface area contributed by atoms with Crippen molar-refractivity contribution in [3.8, 4) is 11.5 Å². The Kier molecular flexibility index (Phi) is 6.08. The maximum absolute atomic E-state index is 12.1. The van der Waals surface area contributed by atoms with Crippen LogP contribution in [0.15, 0.2) is 36.4 Å². The average Bonchev–Trinajstić information content (AvgIpc) is 2.65. The molecule has 1 heterocycles. The maximum Gasteiger partial charge on any atom is 0.338 e. The number of benzene rings is 2. The Hall–Kier alpha value is -2.44. The SMILES string of the molecule is C[C@@H](NC(=O)COC(=O)c1ccc2c(c1)OCCO2)c1ccc(Cl)cc1Cl. The molecule has 27 heavy (non-hydrogen) atoms. The van der Waals surface area contributed by atoms with Crippen molar-refractivity contribution in [2.75, 3.05) is 19.8 Å². The van der Waals surface area contributed by atoms with Crippen LogP contribution in [0.3, 0.4) is 0 Å². The number of hydrogen-bond donors (Lipinski definition) is 1. The smallest absolute Gasteiger partial charge is 0.338 e. The highest BCUT2D eigenvalue weighted by atomic mass is 35.5. The molecule has 0 saturated heterocycles. The molecule has 8 heteroatoms. The molecular formula is C19H17Cl2NO5. The van der Waals surface area contributed by atoms with Crippen LogP contribution in [0.25, 0.3) is 0 Å². The minimum Gasteiger partial charge on any atom is -0.486 e. The number of fused-ring (bicyclic) bond motifs is 1. The van der Waals surface area contributed by atoms with E-state index >= 15 is 0 Å². The van der Waals surface area contributed by atoms with Gasteiger partial charge in [-0.25, -0.2) is 4.79 Å². The number of nitrogens with one attached hydrogen (secondary N) is 1. The number of rotatable bonds is 5. The highest BCUT2D eigenvalue weighted by Crippen LogP contribution is 2.31. The van der Waals surface area contributed by atoms with Crippen LogP contribution in [0.2, 0.25) is 10.0 Å². The van der Waals surface area contributed by atoms with Gasteiger partial charge in [-0.15, -0.1) is 0 Å². The van der Waals surface area contributed by atoms with Gasteiger partial charge in [0.2, 0.25) is 0 Å². The van der Waals surface area contributed by atoms with E-state index in [1.54, 1.807) is 37.3 Å². The van der Waals surface area contributed by atoms with Crippen LogP contribution in [0.4, 0.5) is 0 Å². The van der Waals surface area contributed by atoms with E-state index in [-0.39, 0.29) is 11.6 Å². The molecule has 0 unspecified atom stereocenters. The molecule has 142 valence electrons. The van der Waals surface area contributed by atoms with Gasteiger partial charge in [0.1, 0.15) is 13.2 Å². The van der Waals surface area contributed by atoms with Crippen LogP contribution < -0.4 is 14.8 Å². The summed E-state index contributed by atoms with van der Waals surface area (Å²) in [6.45, 7) is 2.24. The normalized spacial score (nSPS) is 13.6. The van der Waals surface area contributed by atoms with Crippen molar-refractivity contribution in [2.24, 2.45) is 0 Å². The Balaban J connectivity index is 1.54. The lowest BCUT2D eigenvalue weighted by Crippen LogP contribution is -2.31. The number of amides is 1. The molecule has 0 fully saturated rings. The minimum atomic E-state index is -0.626. The zero-order valence-corrected chi connectivity index (χ0v) is 16.0. The molecule has 0 aliphatic carbocycles. The standard InChI is InChI=1S/C19H17Cl2NO5/c1-11(14-4-3-13(20)9-15(14)21)22-18(23)10-27-19(24)12-2-5-16-17(8-12)26-7-6-25-16/h2-5,8-9,11H,6-7,10H2,1H3,(H,22,23)/t11-/m1/s1. The Labute approximate surface area is 166 Å². The molecule has 1 aliphatic rings. The maximum atomic E-state index is 12.1. The summed E-state index contributed by atoms with van der Waals surface area (Å²) < 4.78 is 15.9. The van der Waals surface area contributed by atoms with Crippen molar-refractivity contribution in [1.29, 1.82) is 0 Å². The third-order valence-corrected chi connectivity index (χ3v) is 4.48. The fourth-order valence-corrected chi connectivity index (χ4v) is 3.17. The van der Waals surface area contributed by atoms with Crippen LogP contribution >= 0.6 is 23.2 Å². The van der Waals surface area contributed by atoms with Gasteiger partial charge in [0.15, 0.2) is 18.1 Å². The molecule has 1 atom stereocenters. The van der Waals surface area contributed by atoms with E-state index < -0.39 is 18.5 Å². The highest BCUT2D eigenvalue weighted by molar-refractivity contribution is 6.35. The molecule has 1 amide bonds.